The van der Waals surface area contributed by atoms with Gasteiger partial charge in [-0.25, -0.2) is 9.67 Å². The summed E-state index contributed by atoms with van der Waals surface area (Å²) in [5.74, 6) is -0.670. The quantitative estimate of drug-likeness (QED) is 0.557. The van der Waals surface area contributed by atoms with Crippen LogP contribution in [0.5, 0.6) is 0 Å². The SMILES string of the molecule is Cn1nc(-c2ccccc2)c2c(C(F)(F)F)cc(-c3cccc(C(N)=O)c3)nc21. The fraction of sp³-hybridized carbons (Fsp3) is 0.0952. The van der Waals surface area contributed by atoms with E-state index in [2.05, 4.69) is 10.1 Å². The lowest BCUT2D eigenvalue weighted by Crippen LogP contribution is -2.11. The third kappa shape index (κ3) is 3.33. The van der Waals surface area contributed by atoms with Crippen LogP contribution in [0.15, 0.2) is 60.7 Å². The normalized spacial score (nSPS) is 11.7. The number of carbonyl (C=O) groups excluding carboxylic acids is 1. The highest BCUT2D eigenvalue weighted by atomic mass is 19.4. The van der Waals surface area contributed by atoms with Gasteiger partial charge in [-0.3, -0.25) is 4.79 Å². The highest BCUT2D eigenvalue weighted by molar-refractivity contribution is 5.97. The van der Waals surface area contributed by atoms with Crippen LogP contribution >= 0.6 is 0 Å². The summed E-state index contributed by atoms with van der Waals surface area (Å²) in [6, 6.07) is 15.7. The molecule has 0 bridgehead atoms. The van der Waals surface area contributed by atoms with Crippen LogP contribution in [0.25, 0.3) is 33.5 Å². The Kier molecular flexibility index (Phi) is 4.34. The summed E-state index contributed by atoms with van der Waals surface area (Å²) in [5.41, 5.74) is 5.94. The molecule has 2 N–H and O–H groups in total. The lowest BCUT2D eigenvalue weighted by atomic mass is 10.0. The van der Waals surface area contributed by atoms with E-state index < -0.39 is 17.6 Å². The minimum Gasteiger partial charge on any atom is -0.366 e. The van der Waals surface area contributed by atoms with E-state index in [-0.39, 0.29) is 28.0 Å². The first kappa shape index (κ1) is 18.7. The van der Waals surface area contributed by atoms with E-state index in [4.69, 9.17) is 5.73 Å². The van der Waals surface area contributed by atoms with Crippen molar-refractivity contribution in [1.29, 1.82) is 0 Å². The van der Waals surface area contributed by atoms with E-state index >= 15 is 0 Å². The maximum absolute atomic E-state index is 14.0. The Hall–Kier alpha value is -3.68. The highest BCUT2D eigenvalue weighted by Crippen LogP contribution is 2.40. The van der Waals surface area contributed by atoms with Crippen LogP contribution in [0.2, 0.25) is 0 Å². The Balaban J connectivity index is 2.03. The fourth-order valence-electron chi connectivity index (χ4n) is 3.25. The van der Waals surface area contributed by atoms with Crippen molar-refractivity contribution < 1.29 is 18.0 Å². The Labute approximate surface area is 163 Å². The van der Waals surface area contributed by atoms with Gasteiger partial charge in [0, 0.05) is 23.7 Å². The van der Waals surface area contributed by atoms with E-state index in [1.807, 2.05) is 0 Å². The molecule has 0 saturated carbocycles. The predicted octanol–water partition coefficient (Wildman–Crippen LogP) is 4.42. The zero-order valence-electron chi connectivity index (χ0n) is 15.2. The number of carbonyl (C=O) groups is 1. The maximum atomic E-state index is 14.0. The van der Waals surface area contributed by atoms with Gasteiger partial charge in [0.15, 0.2) is 5.65 Å². The smallest absolute Gasteiger partial charge is 0.366 e. The summed E-state index contributed by atoms with van der Waals surface area (Å²) >= 11 is 0. The van der Waals surface area contributed by atoms with Gasteiger partial charge in [0.2, 0.25) is 5.91 Å². The molecule has 0 aliphatic rings. The molecule has 4 rings (SSSR count). The van der Waals surface area contributed by atoms with Crippen LogP contribution in [0.1, 0.15) is 15.9 Å². The van der Waals surface area contributed by atoms with E-state index in [1.165, 1.54) is 16.8 Å². The number of halogens is 3. The molecule has 1 amide bonds. The van der Waals surface area contributed by atoms with Crippen LogP contribution in [-0.4, -0.2) is 20.7 Å². The summed E-state index contributed by atoms with van der Waals surface area (Å²) < 4.78 is 43.3. The van der Waals surface area contributed by atoms with Gasteiger partial charge in [-0.05, 0) is 18.2 Å². The molecule has 0 saturated heterocycles. The van der Waals surface area contributed by atoms with Crippen LogP contribution < -0.4 is 5.73 Å². The number of amides is 1. The molecule has 4 aromatic rings. The molecular formula is C21H15F3N4O. The number of aryl methyl sites for hydroxylation is 1. The molecule has 2 heterocycles. The second kappa shape index (κ2) is 6.73. The van der Waals surface area contributed by atoms with Crippen LogP contribution in [0, 0.1) is 0 Å². The molecule has 146 valence electrons. The molecule has 29 heavy (non-hydrogen) atoms. The number of rotatable bonds is 3. The lowest BCUT2D eigenvalue weighted by Gasteiger charge is -2.12. The minimum absolute atomic E-state index is 0.0685. The average molecular weight is 396 g/mol. The van der Waals surface area contributed by atoms with Gasteiger partial charge in [0.1, 0.15) is 5.69 Å². The number of hydrogen-bond donors (Lipinski definition) is 1. The summed E-state index contributed by atoms with van der Waals surface area (Å²) in [4.78, 5) is 15.9. The minimum atomic E-state index is -4.62. The van der Waals surface area contributed by atoms with Crippen LogP contribution in [0.3, 0.4) is 0 Å². The van der Waals surface area contributed by atoms with Crippen molar-refractivity contribution in [2.45, 2.75) is 6.18 Å². The standard InChI is InChI=1S/C21H15F3N4O/c1-28-20-17(18(27-28)12-6-3-2-4-7-12)15(21(22,23)24)11-16(26-20)13-8-5-9-14(10-13)19(25)29/h2-11H,1H3,(H2,25,29). The van der Waals surface area contributed by atoms with Gasteiger partial charge >= 0.3 is 6.18 Å². The van der Waals surface area contributed by atoms with Gasteiger partial charge in [-0.1, -0.05) is 42.5 Å². The van der Waals surface area contributed by atoms with Gasteiger partial charge in [0.05, 0.1) is 16.6 Å². The number of fused-ring (bicyclic) bond motifs is 1. The molecule has 0 spiro atoms. The maximum Gasteiger partial charge on any atom is 0.417 e. The second-order valence-corrected chi connectivity index (χ2v) is 6.53. The third-order valence-corrected chi connectivity index (χ3v) is 4.59. The molecular weight excluding hydrogens is 381 g/mol. The summed E-state index contributed by atoms with van der Waals surface area (Å²) in [7, 11) is 1.55. The zero-order valence-corrected chi connectivity index (χ0v) is 15.2. The van der Waals surface area contributed by atoms with E-state index in [0.717, 1.165) is 6.07 Å². The average Bonchev–Trinajstić information content (AvgIpc) is 3.04. The van der Waals surface area contributed by atoms with Crippen molar-refractivity contribution in [2.75, 3.05) is 0 Å². The Bertz CT molecular complexity index is 1230. The van der Waals surface area contributed by atoms with Gasteiger partial charge in [-0.15, -0.1) is 0 Å². The van der Waals surface area contributed by atoms with Crippen LogP contribution in [-0.2, 0) is 13.2 Å². The van der Waals surface area contributed by atoms with E-state index in [9.17, 15) is 18.0 Å². The Morgan fingerprint density at radius 3 is 2.34 bits per heavy atom. The van der Waals surface area contributed by atoms with E-state index in [0.29, 0.717) is 11.1 Å². The number of aromatic nitrogens is 3. The van der Waals surface area contributed by atoms with Gasteiger partial charge < -0.3 is 5.73 Å². The molecule has 0 atom stereocenters. The lowest BCUT2D eigenvalue weighted by molar-refractivity contribution is -0.136. The number of benzene rings is 2. The van der Waals surface area contributed by atoms with Crippen molar-refractivity contribution in [1.82, 2.24) is 14.8 Å². The molecule has 2 aromatic heterocycles. The number of primary amides is 1. The number of nitrogens with zero attached hydrogens (tertiary/aromatic N) is 3. The molecule has 0 aliphatic carbocycles. The van der Waals surface area contributed by atoms with Crippen molar-refractivity contribution in [2.24, 2.45) is 12.8 Å². The first-order valence-corrected chi connectivity index (χ1v) is 8.66. The predicted molar refractivity (Wildman–Crippen MR) is 103 cm³/mol. The Morgan fingerprint density at radius 2 is 1.69 bits per heavy atom. The van der Waals surface area contributed by atoms with Crippen LogP contribution in [0.4, 0.5) is 13.2 Å². The fourth-order valence-corrected chi connectivity index (χ4v) is 3.25. The zero-order chi connectivity index (χ0) is 20.8. The first-order valence-electron chi connectivity index (χ1n) is 8.66. The van der Waals surface area contributed by atoms with Crippen molar-refractivity contribution >= 4 is 16.9 Å². The largest absolute Gasteiger partial charge is 0.417 e. The topological polar surface area (TPSA) is 73.8 Å². The second-order valence-electron chi connectivity index (χ2n) is 6.53. The van der Waals surface area contributed by atoms with Crippen molar-refractivity contribution in [3.8, 4) is 22.5 Å². The summed E-state index contributed by atoms with van der Waals surface area (Å²) in [6.45, 7) is 0. The molecule has 0 unspecified atom stereocenters. The molecule has 2 aromatic carbocycles. The van der Waals surface area contributed by atoms with Crippen molar-refractivity contribution in [3.05, 3.63) is 71.8 Å². The molecule has 8 heteroatoms. The number of hydrogen-bond acceptors (Lipinski definition) is 3. The summed E-state index contributed by atoms with van der Waals surface area (Å²) in [6.07, 6.45) is -4.62. The molecule has 0 aliphatic heterocycles. The number of alkyl halides is 3. The van der Waals surface area contributed by atoms with E-state index in [1.54, 1.807) is 49.5 Å². The van der Waals surface area contributed by atoms with Crippen molar-refractivity contribution in [3.63, 3.8) is 0 Å². The Morgan fingerprint density at radius 1 is 1.00 bits per heavy atom. The number of nitrogens with two attached hydrogens (primary N) is 1. The first-order chi connectivity index (χ1) is 13.8. The molecule has 5 nitrogen and oxygen atoms in total. The molecule has 0 fully saturated rings. The monoisotopic (exact) mass is 396 g/mol. The molecule has 0 radical (unpaired) electrons. The van der Waals surface area contributed by atoms with Gasteiger partial charge in [0.25, 0.3) is 0 Å². The van der Waals surface area contributed by atoms with Gasteiger partial charge in [-0.2, -0.15) is 18.3 Å². The summed E-state index contributed by atoms with van der Waals surface area (Å²) in [5, 5.41) is 4.23. The third-order valence-electron chi connectivity index (χ3n) is 4.59. The number of pyridine rings is 1. The highest BCUT2D eigenvalue weighted by Gasteiger charge is 2.36.